The standard InChI is InChI=1S/C56H94F6N6O20.H2O/c57-55(58,59)51-46-49(53-48-66-68-67-53)47-52(56(60,61)62)50(51)2-3-54(70)65-8-15-76-21-27-82-33-39-88-45-44-87-38-32-81-26-20-75-14-7-64-6-13-74-19-25-80-31-37-86-43-42-85-36-30-79-24-18-73-12-5-63-4-11-72-17-23-78-29-35-84-41-40-83-34-28-77-22-16-71-10-1-9-69;/h2-3,9,46-48,63-64H,1,4-8,10-45H2,(H,65,70)(H,66,67,68);1H2/b3-2+;. The Balaban J connectivity index is 0.0000396. The van der Waals surface area contributed by atoms with Crippen LogP contribution in [0.1, 0.15) is 23.1 Å². The highest BCUT2D eigenvalue weighted by Crippen LogP contribution is 2.42. The van der Waals surface area contributed by atoms with Crippen LogP contribution in [0.5, 0.6) is 0 Å². The molecule has 2 rings (SSSR count). The molecule has 33 heteroatoms. The van der Waals surface area contributed by atoms with Gasteiger partial charge in [0.1, 0.15) is 12.0 Å². The van der Waals surface area contributed by atoms with Gasteiger partial charge in [-0.3, -0.25) is 4.79 Å². The molecule has 6 N–H and O–H groups in total. The lowest BCUT2D eigenvalue weighted by molar-refractivity contribution is -0.143. The summed E-state index contributed by atoms with van der Waals surface area (Å²) in [7, 11) is 0. The van der Waals surface area contributed by atoms with E-state index in [0.717, 1.165) is 25.6 Å². The molecular formula is C56H96F6N6O21. The van der Waals surface area contributed by atoms with E-state index >= 15 is 0 Å². The lowest BCUT2D eigenvalue weighted by atomic mass is 9.95. The van der Waals surface area contributed by atoms with Crippen molar-refractivity contribution in [2.75, 3.05) is 271 Å². The molecule has 1 heterocycles. The molecular weight excluding hydrogens is 1210 g/mol. The number of carbonyl (C=O) groups is 2. The molecule has 0 bridgehead atoms. The Kier molecular flexibility index (Phi) is 56.2. The second kappa shape index (κ2) is 60.2. The van der Waals surface area contributed by atoms with Crippen molar-refractivity contribution in [2.45, 2.75) is 18.8 Å². The van der Waals surface area contributed by atoms with Gasteiger partial charge in [0.2, 0.25) is 5.91 Å². The van der Waals surface area contributed by atoms with Crippen LogP contribution in [0.2, 0.25) is 0 Å². The molecule has 1 amide bonds. The van der Waals surface area contributed by atoms with Gasteiger partial charge in [0.15, 0.2) is 0 Å². The third-order valence-corrected chi connectivity index (χ3v) is 11.1. The SMILES string of the molecule is O.O=CCCOCCOCCOCCOCCOCCOCCNCCOCCOCCOCCOCCOCCOCCNCCOCCOCCOCCOCCOCCOCCNC(=O)/C=C/c1c(C(F)(F)F)cc(-c2cn[nH]n2)cc1C(F)(F)F. The highest BCUT2D eigenvalue weighted by atomic mass is 19.4. The second-order valence-electron chi connectivity index (χ2n) is 17.9. The van der Waals surface area contributed by atoms with Gasteiger partial charge in [0.25, 0.3) is 0 Å². The molecule has 0 radical (unpaired) electrons. The van der Waals surface area contributed by atoms with Gasteiger partial charge in [-0.15, -0.1) is 0 Å². The monoisotopic (exact) mass is 1300 g/mol. The molecule has 0 saturated carbocycles. The number of carbonyl (C=O) groups excluding carboxylic acids is 2. The Morgan fingerprint density at radius 1 is 0.404 bits per heavy atom. The summed E-state index contributed by atoms with van der Waals surface area (Å²) >= 11 is 0. The first-order valence-electron chi connectivity index (χ1n) is 29.4. The van der Waals surface area contributed by atoms with Crippen molar-refractivity contribution in [2.24, 2.45) is 0 Å². The Labute approximate surface area is 516 Å². The maximum absolute atomic E-state index is 13.8. The molecule has 518 valence electrons. The number of alkyl halides is 6. The minimum Gasteiger partial charge on any atom is -0.412 e. The summed E-state index contributed by atoms with van der Waals surface area (Å²) in [5.74, 6) is -0.915. The zero-order valence-corrected chi connectivity index (χ0v) is 51.0. The summed E-state index contributed by atoms with van der Waals surface area (Å²) in [5, 5.41) is 18.0. The fourth-order valence-electron chi connectivity index (χ4n) is 6.82. The van der Waals surface area contributed by atoms with Gasteiger partial charge in [0, 0.05) is 50.8 Å². The first-order chi connectivity index (χ1) is 43.0. The molecule has 27 nitrogen and oxygen atoms in total. The summed E-state index contributed by atoms with van der Waals surface area (Å²) in [6.45, 7) is 18.6. The van der Waals surface area contributed by atoms with E-state index in [2.05, 4.69) is 31.4 Å². The summed E-state index contributed by atoms with van der Waals surface area (Å²) in [6, 6.07) is 1.03. The fraction of sp³-hybridized carbons (Fsp3) is 0.786. The van der Waals surface area contributed by atoms with E-state index in [4.69, 9.17) is 85.3 Å². The predicted molar refractivity (Wildman–Crippen MR) is 309 cm³/mol. The number of benzene rings is 1. The lowest BCUT2D eigenvalue weighted by Gasteiger charge is -2.18. The highest BCUT2D eigenvalue weighted by Gasteiger charge is 2.41. The molecule has 0 aliphatic carbocycles. The van der Waals surface area contributed by atoms with Gasteiger partial charge < -0.3 is 111 Å². The number of hydrogen-bond donors (Lipinski definition) is 4. The van der Waals surface area contributed by atoms with Crippen LogP contribution in [-0.2, 0) is 107 Å². The zero-order chi connectivity index (χ0) is 63.4. The van der Waals surface area contributed by atoms with E-state index in [-0.39, 0.29) is 37.5 Å². The number of nitrogens with one attached hydrogen (secondary N) is 4. The molecule has 2 aromatic rings. The van der Waals surface area contributed by atoms with E-state index in [1.165, 1.54) is 0 Å². The number of halogens is 6. The molecule has 0 aliphatic rings. The van der Waals surface area contributed by atoms with Crippen LogP contribution in [0, 0.1) is 0 Å². The van der Waals surface area contributed by atoms with Crippen LogP contribution in [0.25, 0.3) is 17.3 Å². The zero-order valence-electron chi connectivity index (χ0n) is 51.0. The summed E-state index contributed by atoms with van der Waals surface area (Å²) < 4.78 is 181. The van der Waals surface area contributed by atoms with E-state index in [0.29, 0.717) is 262 Å². The summed E-state index contributed by atoms with van der Waals surface area (Å²) in [4.78, 5) is 22.4. The van der Waals surface area contributed by atoms with Crippen molar-refractivity contribution >= 4 is 18.3 Å². The quantitative estimate of drug-likeness (QED) is 0.0318. The Morgan fingerprint density at radius 3 is 0.910 bits per heavy atom. The van der Waals surface area contributed by atoms with Gasteiger partial charge in [-0.1, -0.05) is 0 Å². The number of amides is 1. The van der Waals surface area contributed by atoms with Crippen molar-refractivity contribution in [3.8, 4) is 11.3 Å². The highest BCUT2D eigenvalue weighted by molar-refractivity contribution is 5.92. The molecule has 0 aliphatic heterocycles. The number of rotatable bonds is 66. The van der Waals surface area contributed by atoms with Crippen molar-refractivity contribution in [1.82, 2.24) is 31.4 Å². The lowest BCUT2D eigenvalue weighted by Crippen LogP contribution is -2.26. The molecule has 0 fully saturated rings. The number of ether oxygens (including phenoxy) is 18. The maximum Gasteiger partial charge on any atom is 0.417 e. The van der Waals surface area contributed by atoms with Crippen LogP contribution in [0.3, 0.4) is 0 Å². The maximum atomic E-state index is 13.8. The number of hydrogen-bond acceptors (Lipinski definition) is 24. The van der Waals surface area contributed by atoms with Gasteiger partial charge in [-0.25, -0.2) is 0 Å². The molecule has 1 aromatic heterocycles. The summed E-state index contributed by atoms with van der Waals surface area (Å²) in [6.07, 6.45) is -7.04. The van der Waals surface area contributed by atoms with Crippen LogP contribution in [-0.4, -0.2) is 304 Å². The molecule has 1 aromatic carbocycles. The van der Waals surface area contributed by atoms with Crippen LogP contribution in [0.4, 0.5) is 26.3 Å². The Bertz CT molecular complexity index is 1890. The molecule has 89 heavy (non-hydrogen) atoms. The molecule has 0 atom stereocenters. The number of H-pyrrole nitrogens is 1. The van der Waals surface area contributed by atoms with E-state index < -0.39 is 40.5 Å². The van der Waals surface area contributed by atoms with Crippen LogP contribution < -0.4 is 16.0 Å². The van der Waals surface area contributed by atoms with Crippen LogP contribution >= 0.6 is 0 Å². The number of aromatic amines is 1. The predicted octanol–water partition coefficient (Wildman–Crippen LogP) is 1.88. The van der Waals surface area contributed by atoms with E-state index in [1.807, 2.05) is 0 Å². The minimum absolute atomic E-state index is 0. The topological polar surface area (TPSA) is 309 Å². The Morgan fingerprint density at radius 2 is 0.663 bits per heavy atom. The van der Waals surface area contributed by atoms with Gasteiger partial charge >= 0.3 is 12.4 Å². The van der Waals surface area contributed by atoms with Crippen LogP contribution in [0.15, 0.2) is 24.4 Å². The van der Waals surface area contributed by atoms with Crippen molar-refractivity contribution in [3.63, 3.8) is 0 Å². The fourth-order valence-corrected chi connectivity index (χ4v) is 6.82. The first-order valence-corrected chi connectivity index (χ1v) is 29.4. The smallest absolute Gasteiger partial charge is 0.412 e. The molecule has 0 spiro atoms. The number of aldehydes is 1. The van der Waals surface area contributed by atoms with E-state index in [1.54, 1.807) is 0 Å². The number of aromatic nitrogens is 3. The third kappa shape index (κ3) is 51.2. The average Bonchev–Trinajstić information content (AvgIpc) is 1.49. The third-order valence-electron chi connectivity index (χ3n) is 11.1. The van der Waals surface area contributed by atoms with Crippen molar-refractivity contribution in [1.29, 1.82) is 0 Å². The normalized spacial score (nSPS) is 12.0. The van der Waals surface area contributed by atoms with Gasteiger partial charge in [-0.05, 0) is 23.8 Å². The van der Waals surface area contributed by atoms with Gasteiger partial charge in [-0.2, -0.15) is 41.8 Å². The van der Waals surface area contributed by atoms with Gasteiger partial charge in [0.05, 0.1) is 255 Å². The number of nitrogens with zero attached hydrogens (tertiary/aromatic N) is 2. The second-order valence-corrected chi connectivity index (χ2v) is 17.9. The van der Waals surface area contributed by atoms with Crippen molar-refractivity contribution < 1.29 is 127 Å². The first kappa shape index (κ1) is 83.0. The Hall–Kier alpha value is -4.02. The van der Waals surface area contributed by atoms with E-state index in [9.17, 15) is 35.9 Å². The molecule has 0 unspecified atom stereocenters. The minimum atomic E-state index is -5.17. The summed E-state index contributed by atoms with van der Waals surface area (Å²) in [5.41, 5.74) is -5.05. The average molecular weight is 1300 g/mol. The largest absolute Gasteiger partial charge is 0.417 e. The van der Waals surface area contributed by atoms with Crippen molar-refractivity contribution in [3.05, 3.63) is 41.1 Å². The molecule has 0 saturated heterocycles.